The first-order chi connectivity index (χ1) is 6.14. The van der Waals surface area contributed by atoms with E-state index in [1.807, 2.05) is 0 Å². The minimum Gasteiger partial charge on any atom is -0.0625 e. The number of hydrogen-bond donors (Lipinski definition) is 0. The lowest BCUT2D eigenvalue weighted by Crippen LogP contribution is -2.31. The van der Waals surface area contributed by atoms with Gasteiger partial charge < -0.3 is 0 Å². The highest BCUT2D eigenvalue weighted by atomic mass is 14.5. The van der Waals surface area contributed by atoms with Crippen molar-refractivity contribution in [2.75, 3.05) is 0 Å². The quantitative estimate of drug-likeness (QED) is 0.523. The molecular formula is C13H24. The fraction of sp³-hybridized carbons (Fsp3) is 1.00. The Morgan fingerprint density at radius 3 is 2.31 bits per heavy atom. The van der Waals surface area contributed by atoms with Crippen LogP contribution in [0.25, 0.3) is 0 Å². The van der Waals surface area contributed by atoms with Crippen molar-refractivity contribution in [3.8, 4) is 0 Å². The van der Waals surface area contributed by atoms with Gasteiger partial charge in [0.1, 0.15) is 0 Å². The van der Waals surface area contributed by atoms with E-state index in [2.05, 4.69) is 20.8 Å². The fourth-order valence-corrected chi connectivity index (χ4v) is 3.94. The van der Waals surface area contributed by atoms with Gasteiger partial charge in [-0.05, 0) is 48.9 Å². The van der Waals surface area contributed by atoms with Crippen molar-refractivity contribution < 1.29 is 0 Å². The van der Waals surface area contributed by atoms with Crippen LogP contribution in [0.1, 0.15) is 59.3 Å². The SMILES string of the molecule is CC1CCCC2(CCC(C)C2C)C1. The molecule has 0 aromatic heterocycles. The van der Waals surface area contributed by atoms with Crippen LogP contribution >= 0.6 is 0 Å². The molecule has 0 radical (unpaired) electrons. The molecular weight excluding hydrogens is 156 g/mol. The zero-order valence-electron chi connectivity index (χ0n) is 9.47. The molecule has 2 aliphatic carbocycles. The average Bonchev–Trinajstić information content (AvgIpc) is 2.35. The largest absolute Gasteiger partial charge is 0.0625 e. The van der Waals surface area contributed by atoms with Crippen molar-refractivity contribution in [3.63, 3.8) is 0 Å². The van der Waals surface area contributed by atoms with E-state index in [1.165, 1.54) is 38.5 Å². The first kappa shape index (κ1) is 9.55. The van der Waals surface area contributed by atoms with Gasteiger partial charge in [-0.25, -0.2) is 0 Å². The van der Waals surface area contributed by atoms with Gasteiger partial charge in [0, 0.05) is 0 Å². The lowest BCUT2D eigenvalue weighted by molar-refractivity contribution is 0.0929. The molecule has 2 rings (SSSR count). The molecule has 0 heteroatoms. The Labute approximate surface area is 83.1 Å². The van der Waals surface area contributed by atoms with Gasteiger partial charge in [0.05, 0.1) is 0 Å². The van der Waals surface area contributed by atoms with Crippen LogP contribution in [0.2, 0.25) is 0 Å². The van der Waals surface area contributed by atoms with E-state index in [0.29, 0.717) is 0 Å². The fourth-order valence-electron chi connectivity index (χ4n) is 3.94. The van der Waals surface area contributed by atoms with E-state index in [0.717, 1.165) is 23.2 Å². The third-order valence-electron chi connectivity index (χ3n) is 5.04. The Morgan fingerprint density at radius 1 is 1.00 bits per heavy atom. The van der Waals surface area contributed by atoms with Gasteiger partial charge in [-0.2, -0.15) is 0 Å². The lowest BCUT2D eigenvalue weighted by Gasteiger charge is -2.41. The molecule has 0 aromatic rings. The minimum absolute atomic E-state index is 0.775. The third-order valence-corrected chi connectivity index (χ3v) is 5.04. The predicted octanol–water partition coefficient (Wildman–Crippen LogP) is 4.25. The molecule has 2 saturated carbocycles. The Kier molecular flexibility index (Phi) is 2.42. The highest BCUT2D eigenvalue weighted by molar-refractivity contribution is 4.95. The summed E-state index contributed by atoms with van der Waals surface area (Å²) >= 11 is 0. The molecule has 76 valence electrons. The van der Waals surface area contributed by atoms with Crippen molar-refractivity contribution >= 4 is 0 Å². The molecule has 4 atom stereocenters. The van der Waals surface area contributed by atoms with Crippen LogP contribution in [0, 0.1) is 23.2 Å². The molecule has 0 amide bonds. The maximum absolute atomic E-state index is 2.51. The Bertz CT molecular complexity index is 180. The molecule has 0 N–H and O–H groups in total. The minimum atomic E-state index is 0.775. The molecule has 1 spiro atoms. The zero-order chi connectivity index (χ0) is 9.47. The molecule has 2 aliphatic rings. The van der Waals surface area contributed by atoms with Crippen LogP contribution in [-0.4, -0.2) is 0 Å². The summed E-state index contributed by atoms with van der Waals surface area (Å²) < 4.78 is 0. The Balaban J connectivity index is 2.11. The van der Waals surface area contributed by atoms with Gasteiger partial charge in [-0.3, -0.25) is 0 Å². The predicted molar refractivity (Wildman–Crippen MR) is 57.6 cm³/mol. The third kappa shape index (κ3) is 1.53. The summed E-state index contributed by atoms with van der Waals surface area (Å²) in [6.45, 7) is 7.42. The molecule has 0 aromatic carbocycles. The van der Waals surface area contributed by atoms with Crippen LogP contribution in [0.15, 0.2) is 0 Å². The van der Waals surface area contributed by atoms with Crippen molar-refractivity contribution in [1.29, 1.82) is 0 Å². The van der Waals surface area contributed by atoms with Crippen molar-refractivity contribution in [3.05, 3.63) is 0 Å². The van der Waals surface area contributed by atoms with Crippen LogP contribution < -0.4 is 0 Å². The first-order valence-electron chi connectivity index (χ1n) is 6.14. The zero-order valence-corrected chi connectivity index (χ0v) is 9.47. The van der Waals surface area contributed by atoms with E-state index in [9.17, 15) is 0 Å². The second kappa shape index (κ2) is 3.29. The monoisotopic (exact) mass is 180 g/mol. The summed E-state index contributed by atoms with van der Waals surface area (Å²) in [5.74, 6) is 2.99. The maximum Gasteiger partial charge on any atom is -0.0267 e. The second-order valence-electron chi connectivity index (χ2n) is 5.87. The highest BCUT2D eigenvalue weighted by Crippen LogP contribution is 2.55. The van der Waals surface area contributed by atoms with E-state index in [1.54, 1.807) is 0 Å². The maximum atomic E-state index is 2.51. The summed E-state index contributed by atoms with van der Waals surface area (Å²) in [6.07, 6.45) is 9.07. The molecule has 0 nitrogen and oxygen atoms in total. The van der Waals surface area contributed by atoms with Crippen LogP contribution in [-0.2, 0) is 0 Å². The molecule has 0 saturated heterocycles. The second-order valence-corrected chi connectivity index (χ2v) is 5.87. The first-order valence-corrected chi connectivity index (χ1v) is 6.14. The van der Waals surface area contributed by atoms with Crippen LogP contribution in [0.4, 0.5) is 0 Å². The molecule has 0 heterocycles. The Morgan fingerprint density at radius 2 is 1.77 bits per heavy atom. The van der Waals surface area contributed by atoms with Gasteiger partial charge in [0.2, 0.25) is 0 Å². The molecule has 0 bridgehead atoms. The van der Waals surface area contributed by atoms with E-state index >= 15 is 0 Å². The van der Waals surface area contributed by atoms with Crippen LogP contribution in [0.3, 0.4) is 0 Å². The van der Waals surface area contributed by atoms with Crippen molar-refractivity contribution in [2.24, 2.45) is 23.2 Å². The smallest absolute Gasteiger partial charge is 0.0267 e. The summed E-state index contributed by atoms with van der Waals surface area (Å²) in [7, 11) is 0. The summed E-state index contributed by atoms with van der Waals surface area (Å²) in [5.41, 5.74) is 0.775. The van der Waals surface area contributed by atoms with E-state index in [4.69, 9.17) is 0 Å². The molecule has 0 aliphatic heterocycles. The molecule has 13 heavy (non-hydrogen) atoms. The summed E-state index contributed by atoms with van der Waals surface area (Å²) in [4.78, 5) is 0. The number of rotatable bonds is 0. The topological polar surface area (TPSA) is 0 Å². The van der Waals surface area contributed by atoms with E-state index < -0.39 is 0 Å². The number of hydrogen-bond acceptors (Lipinski definition) is 0. The van der Waals surface area contributed by atoms with Crippen LogP contribution in [0.5, 0.6) is 0 Å². The van der Waals surface area contributed by atoms with Gasteiger partial charge in [0.15, 0.2) is 0 Å². The van der Waals surface area contributed by atoms with Gasteiger partial charge in [-0.1, -0.05) is 33.6 Å². The van der Waals surface area contributed by atoms with Gasteiger partial charge in [0.25, 0.3) is 0 Å². The van der Waals surface area contributed by atoms with E-state index in [-0.39, 0.29) is 0 Å². The summed E-state index contributed by atoms with van der Waals surface area (Å²) in [5, 5.41) is 0. The lowest BCUT2D eigenvalue weighted by atomic mass is 9.64. The van der Waals surface area contributed by atoms with Crippen molar-refractivity contribution in [1.82, 2.24) is 0 Å². The van der Waals surface area contributed by atoms with Gasteiger partial charge in [-0.15, -0.1) is 0 Å². The molecule has 4 unspecified atom stereocenters. The standard InChI is InChI=1S/C13H24/c1-10-5-4-7-13(9-10)8-6-11(2)12(13)3/h10-12H,4-9H2,1-3H3. The summed E-state index contributed by atoms with van der Waals surface area (Å²) in [6, 6.07) is 0. The van der Waals surface area contributed by atoms with Crippen molar-refractivity contribution in [2.45, 2.75) is 59.3 Å². The normalized spacial score (nSPS) is 51.5. The molecule has 2 fully saturated rings. The van der Waals surface area contributed by atoms with Gasteiger partial charge >= 0.3 is 0 Å². The highest BCUT2D eigenvalue weighted by Gasteiger charge is 2.45. The Hall–Kier alpha value is 0. The average molecular weight is 180 g/mol.